The highest BCUT2D eigenvalue weighted by Gasteiger charge is 2.29. The molecule has 18 heavy (non-hydrogen) atoms. The zero-order valence-corrected chi connectivity index (χ0v) is 10.1. The summed E-state index contributed by atoms with van der Waals surface area (Å²) in [6.45, 7) is 2.77. The van der Waals surface area contributed by atoms with Crippen LogP contribution in [0.1, 0.15) is 34.8 Å². The fourth-order valence-corrected chi connectivity index (χ4v) is 2.69. The van der Waals surface area contributed by atoms with Gasteiger partial charge in [-0.05, 0) is 30.5 Å². The fraction of sp³-hybridized carbons (Fsp3) is 0.267. The van der Waals surface area contributed by atoms with Crippen molar-refractivity contribution in [2.45, 2.75) is 19.4 Å². The molecule has 0 saturated heterocycles. The first kappa shape index (κ1) is 11.2. The van der Waals surface area contributed by atoms with Gasteiger partial charge in [0.1, 0.15) is 6.10 Å². The van der Waals surface area contributed by atoms with Gasteiger partial charge in [-0.2, -0.15) is 0 Å². The van der Waals surface area contributed by atoms with Crippen molar-refractivity contribution in [1.29, 1.82) is 0 Å². The Bertz CT molecular complexity index is 581. The number of benzene rings is 1. The lowest BCUT2D eigenvalue weighted by atomic mass is 9.82. The Hall–Kier alpha value is -1.87. The second kappa shape index (κ2) is 4.10. The van der Waals surface area contributed by atoms with Crippen molar-refractivity contribution in [3.05, 3.63) is 46.5 Å². The molecule has 0 amide bonds. The number of carbonyl (C=O) groups is 1. The van der Waals surface area contributed by atoms with Gasteiger partial charge < -0.3 is 9.84 Å². The molecule has 0 fully saturated rings. The summed E-state index contributed by atoms with van der Waals surface area (Å²) in [6.07, 6.45) is 4.74. The standard InChI is InChI=1S/C15H14O3/c1-9-7-8-18-12-6-5-10-3-2-4-11(15(16)17)14(10)13(9)12/h2-6,12H,7-8H2,1H3,(H,16,17). The van der Waals surface area contributed by atoms with Gasteiger partial charge in [-0.1, -0.05) is 29.9 Å². The van der Waals surface area contributed by atoms with E-state index in [1.54, 1.807) is 12.1 Å². The Balaban J connectivity index is 2.30. The predicted molar refractivity (Wildman–Crippen MR) is 69.4 cm³/mol. The van der Waals surface area contributed by atoms with Gasteiger partial charge in [-0.25, -0.2) is 4.79 Å². The van der Waals surface area contributed by atoms with E-state index >= 15 is 0 Å². The maximum Gasteiger partial charge on any atom is 0.336 e. The Morgan fingerprint density at radius 2 is 2.28 bits per heavy atom. The molecule has 1 unspecified atom stereocenters. The summed E-state index contributed by atoms with van der Waals surface area (Å²) in [5.41, 5.74) is 4.42. The third-order valence-corrected chi connectivity index (χ3v) is 3.57. The van der Waals surface area contributed by atoms with Crippen LogP contribution in [0.15, 0.2) is 29.8 Å². The van der Waals surface area contributed by atoms with E-state index in [2.05, 4.69) is 6.92 Å². The molecule has 1 N–H and O–H groups in total. The summed E-state index contributed by atoms with van der Waals surface area (Å²) in [6, 6.07) is 5.39. The average molecular weight is 242 g/mol. The number of aromatic carboxylic acids is 1. The van der Waals surface area contributed by atoms with Crippen LogP contribution >= 0.6 is 0 Å². The zero-order valence-electron chi connectivity index (χ0n) is 10.1. The molecule has 0 aromatic heterocycles. The van der Waals surface area contributed by atoms with E-state index in [0.29, 0.717) is 12.2 Å². The SMILES string of the molecule is CC1=C2c3c(cccc3C(=O)O)C=CC2OCC1. The Kier molecular flexibility index (Phi) is 2.56. The van der Waals surface area contributed by atoms with Gasteiger partial charge in [-0.3, -0.25) is 0 Å². The molecule has 1 aromatic carbocycles. The largest absolute Gasteiger partial charge is 0.478 e. The predicted octanol–water partition coefficient (Wildman–Crippen LogP) is 2.97. The van der Waals surface area contributed by atoms with Gasteiger partial charge in [0.25, 0.3) is 0 Å². The molecule has 3 rings (SSSR count). The Morgan fingerprint density at radius 1 is 1.44 bits per heavy atom. The van der Waals surface area contributed by atoms with Crippen LogP contribution in [0.25, 0.3) is 11.6 Å². The molecule has 0 bridgehead atoms. The van der Waals surface area contributed by atoms with E-state index in [-0.39, 0.29) is 6.10 Å². The number of hydrogen-bond donors (Lipinski definition) is 1. The summed E-state index contributed by atoms with van der Waals surface area (Å²) >= 11 is 0. The van der Waals surface area contributed by atoms with Crippen LogP contribution in [-0.2, 0) is 4.74 Å². The summed E-state index contributed by atoms with van der Waals surface area (Å²) < 4.78 is 5.71. The molecule has 3 heteroatoms. The van der Waals surface area contributed by atoms with Crippen molar-refractivity contribution in [1.82, 2.24) is 0 Å². The smallest absolute Gasteiger partial charge is 0.336 e. The van der Waals surface area contributed by atoms with Gasteiger partial charge >= 0.3 is 5.97 Å². The molecule has 0 spiro atoms. The number of hydrogen-bond acceptors (Lipinski definition) is 2. The van der Waals surface area contributed by atoms with Crippen molar-refractivity contribution < 1.29 is 14.6 Å². The zero-order chi connectivity index (χ0) is 12.7. The second-order valence-electron chi connectivity index (χ2n) is 4.67. The lowest BCUT2D eigenvalue weighted by Gasteiger charge is -2.30. The minimum absolute atomic E-state index is 0.0910. The summed E-state index contributed by atoms with van der Waals surface area (Å²) in [5, 5.41) is 9.33. The summed E-state index contributed by atoms with van der Waals surface area (Å²) in [5.74, 6) is -0.883. The van der Waals surface area contributed by atoms with Gasteiger partial charge in [0.05, 0.1) is 12.2 Å². The molecule has 0 saturated carbocycles. The van der Waals surface area contributed by atoms with E-state index < -0.39 is 5.97 Å². The molecule has 1 atom stereocenters. The van der Waals surface area contributed by atoms with E-state index in [9.17, 15) is 9.90 Å². The first-order valence-corrected chi connectivity index (χ1v) is 6.04. The number of carboxylic acids is 1. The van der Waals surface area contributed by atoms with E-state index in [1.807, 2.05) is 18.2 Å². The fourth-order valence-electron chi connectivity index (χ4n) is 2.69. The third-order valence-electron chi connectivity index (χ3n) is 3.57. The highest BCUT2D eigenvalue weighted by atomic mass is 16.5. The maximum atomic E-state index is 11.4. The molecule has 2 aliphatic rings. The molecule has 1 aromatic rings. The molecule has 1 heterocycles. The minimum atomic E-state index is -0.883. The lowest BCUT2D eigenvalue weighted by molar-refractivity contribution is 0.0696. The molecule has 0 radical (unpaired) electrons. The highest BCUT2D eigenvalue weighted by molar-refractivity contribution is 5.99. The van der Waals surface area contributed by atoms with Crippen LogP contribution in [0.3, 0.4) is 0 Å². The first-order chi connectivity index (χ1) is 8.68. The van der Waals surface area contributed by atoms with Crippen LogP contribution in [0.2, 0.25) is 0 Å². The van der Waals surface area contributed by atoms with Gasteiger partial charge in [-0.15, -0.1) is 0 Å². The van der Waals surface area contributed by atoms with Crippen molar-refractivity contribution in [2.75, 3.05) is 6.61 Å². The topological polar surface area (TPSA) is 46.5 Å². The minimum Gasteiger partial charge on any atom is -0.478 e. The molecule has 1 aliphatic carbocycles. The van der Waals surface area contributed by atoms with Gasteiger partial charge in [0.2, 0.25) is 0 Å². The normalized spacial score (nSPS) is 21.5. The number of ether oxygens (including phenoxy) is 1. The Labute approximate surface area is 105 Å². The second-order valence-corrected chi connectivity index (χ2v) is 4.67. The van der Waals surface area contributed by atoms with Crippen LogP contribution in [0, 0.1) is 0 Å². The molecule has 3 nitrogen and oxygen atoms in total. The molecule has 1 aliphatic heterocycles. The highest BCUT2D eigenvalue weighted by Crippen LogP contribution is 2.38. The van der Waals surface area contributed by atoms with Gasteiger partial charge in [0.15, 0.2) is 0 Å². The van der Waals surface area contributed by atoms with E-state index in [4.69, 9.17) is 4.74 Å². The van der Waals surface area contributed by atoms with Crippen LogP contribution in [0.5, 0.6) is 0 Å². The number of rotatable bonds is 1. The summed E-state index contributed by atoms with van der Waals surface area (Å²) in [4.78, 5) is 11.4. The van der Waals surface area contributed by atoms with Crippen molar-refractivity contribution in [3.63, 3.8) is 0 Å². The number of fused-ring (bicyclic) bond motifs is 3. The van der Waals surface area contributed by atoms with Crippen LogP contribution in [0.4, 0.5) is 0 Å². The van der Waals surface area contributed by atoms with Crippen LogP contribution < -0.4 is 0 Å². The van der Waals surface area contributed by atoms with Gasteiger partial charge in [0, 0.05) is 5.56 Å². The molecular weight excluding hydrogens is 228 g/mol. The van der Waals surface area contributed by atoms with Crippen molar-refractivity contribution in [3.8, 4) is 0 Å². The van der Waals surface area contributed by atoms with Crippen molar-refractivity contribution >= 4 is 17.6 Å². The first-order valence-electron chi connectivity index (χ1n) is 6.04. The third kappa shape index (κ3) is 1.59. The van der Waals surface area contributed by atoms with E-state index in [0.717, 1.165) is 23.1 Å². The molecule has 92 valence electrons. The average Bonchev–Trinajstić information content (AvgIpc) is 2.37. The monoisotopic (exact) mass is 242 g/mol. The molecular formula is C15H14O3. The van der Waals surface area contributed by atoms with E-state index in [1.165, 1.54) is 5.57 Å². The lowest BCUT2D eigenvalue weighted by Crippen LogP contribution is -2.24. The summed E-state index contributed by atoms with van der Waals surface area (Å²) in [7, 11) is 0. The number of carboxylic acid groups (broad SMARTS) is 1. The van der Waals surface area contributed by atoms with Crippen LogP contribution in [-0.4, -0.2) is 23.8 Å². The quantitative estimate of drug-likeness (QED) is 0.823. The Morgan fingerprint density at radius 3 is 3.06 bits per heavy atom. The maximum absolute atomic E-state index is 11.4. The van der Waals surface area contributed by atoms with Crippen molar-refractivity contribution in [2.24, 2.45) is 0 Å².